The summed E-state index contributed by atoms with van der Waals surface area (Å²) in [6.07, 6.45) is -23.0. The van der Waals surface area contributed by atoms with E-state index in [4.69, 9.17) is 105 Å². The molecular formula is C73H107N5O37. The molecule has 0 aliphatic carbocycles. The molecule has 0 saturated carbocycles. The summed E-state index contributed by atoms with van der Waals surface area (Å²) < 4.78 is 117. The second-order valence-corrected chi connectivity index (χ2v) is 26.3. The Morgan fingerprint density at radius 1 is 0.348 bits per heavy atom. The van der Waals surface area contributed by atoms with Crippen molar-refractivity contribution in [2.24, 2.45) is 5.73 Å². The van der Waals surface area contributed by atoms with Gasteiger partial charge in [0.15, 0.2) is 73.8 Å². The first kappa shape index (κ1) is 97.7. The highest BCUT2D eigenvalue weighted by molar-refractivity contribution is 5.84. The number of benzene rings is 1. The maximum Gasteiger partial charge on any atom is 0.303 e. The van der Waals surface area contributed by atoms with Crippen molar-refractivity contribution in [3.8, 4) is 0 Å². The van der Waals surface area contributed by atoms with Crippen LogP contribution in [0.1, 0.15) is 127 Å². The van der Waals surface area contributed by atoms with Crippen LogP contribution in [0.4, 0.5) is 0 Å². The van der Waals surface area contributed by atoms with Crippen molar-refractivity contribution in [3.05, 3.63) is 35.9 Å². The Kier molecular flexibility index (Phi) is 43.6. The van der Waals surface area contributed by atoms with Crippen LogP contribution in [0, 0.1) is 0 Å². The van der Waals surface area contributed by atoms with Gasteiger partial charge in [0.25, 0.3) is 0 Å². The molecular weight excluding hydrogens is 1540 g/mol. The third kappa shape index (κ3) is 37.7. The number of rotatable bonds is 49. The topological polar surface area (TPSA) is 541 Å². The van der Waals surface area contributed by atoms with Crippen LogP contribution >= 0.6 is 0 Å². The second kappa shape index (κ2) is 51.3. The number of carbonyl (C=O) groups excluding carboxylic acids is 16. The van der Waals surface area contributed by atoms with Crippen molar-refractivity contribution in [1.29, 1.82) is 0 Å². The molecule has 3 saturated heterocycles. The number of amides is 4. The predicted molar refractivity (Wildman–Crippen MR) is 382 cm³/mol. The number of esters is 12. The monoisotopic (exact) mass is 1650 g/mol. The molecule has 4 amide bonds. The molecule has 42 nitrogen and oxygen atoms in total. The lowest BCUT2D eigenvalue weighted by molar-refractivity contribution is -0.309. The summed E-state index contributed by atoms with van der Waals surface area (Å²) >= 11 is 0. The van der Waals surface area contributed by atoms with Gasteiger partial charge in [-0.25, -0.2) is 0 Å². The van der Waals surface area contributed by atoms with Crippen molar-refractivity contribution in [2.45, 2.75) is 232 Å². The van der Waals surface area contributed by atoms with Gasteiger partial charge < -0.3 is 126 Å². The number of nitrogens with one attached hydrogen (secondary N) is 4. The molecule has 3 heterocycles. The van der Waals surface area contributed by atoms with Crippen LogP contribution in [0.3, 0.4) is 0 Å². The zero-order valence-corrected chi connectivity index (χ0v) is 66.4. The van der Waals surface area contributed by atoms with Crippen LogP contribution in [0.25, 0.3) is 0 Å². The van der Waals surface area contributed by atoms with E-state index in [1.54, 1.807) is 30.3 Å². The highest BCUT2D eigenvalue weighted by Crippen LogP contribution is 2.34. The molecule has 42 heteroatoms. The lowest BCUT2D eigenvalue weighted by atomic mass is 9.82. The van der Waals surface area contributed by atoms with E-state index >= 15 is 0 Å². The second-order valence-electron chi connectivity index (χ2n) is 26.3. The van der Waals surface area contributed by atoms with Crippen molar-refractivity contribution in [2.75, 3.05) is 98.9 Å². The van der Waals surface area contributed by atoms with Gasteiger partial charge >= 0.3 is 71.6 Å². The molecule has 16 atom stereocenters. The van der Waals surface area contributed by atoms with Gasteiger partial charge in [0.1, 0.15) is 38.1 Å². The minimum Gasteiger partial charge on any atom is -0.463 e. The molecule has 0 bridgehead atoms. The van der Waals surface area contributed by atoms with E-state index in [2.05, 4.69) is 21.3 Å². The number of ether oxygens (including phenoxy) is 21. The lowest BCUT2D eigenvalue weighted by Gasteiger charge is -2.44. The molecule has 3 aliphatic rings. The highest BCUT2D eigenvalue weighted by Gasteiger charge is 2.56. The zero-order chi connectivity index (χ0) is 85.3. The van der Waals surface area contributed by atoms with Crippen LogP contribution in [0.5, 0.6) is 0 Å². The van der Waals surface area contributed by atoms with Crippen molar-refractivity contribution >= 4 is 95.3 Å². The molecule has 3 fully saturated rings. The summed E-state index contributed by atoms with van der Waals surface area (Å²) in [4.78, 5) is 202. The van der Waals surface area contributed by atoms with Gasteiger partial charge in [0, 0.05) is 128 Å². The fourth-order valence-corrected chi connectivity index (χ4v) is 11.9. The van der Waals surface area contributed by atoms with Crippen LogP contribution in [-0.4, -0.2) is 298 Å². The average Bonchev–Trinajstić information content (AvgIpc) is 0.803. The SMILES string of the molecule is CC(=O)OC[C@H]1O[C@@H](OCCOCCNC(=O)CCC(CCC(=O)NCCOCCO[C@@H]2O[C@H](COC(C)=O)[C@H](OC(C)=O)[C@H](OC(C)=O)[C@H]2OC(C)=O)(CCC(=O)NCCOCCO[C@@H]2O[C@H](COC(C)=O)[C@H](OC(C)=O)[C@H](OC(C)=O)[C@H]2OC(C)=O)NC(=O)[C@@H](N)Cc2ccccc2)[C@H](OC(C)=O)[C@@H](OC(C)=O)[C@H]1OC(C)=O. The highest BCUT2D eigenvalue weighted by atomic mass is 16.8. The number of hydrogen-bond donors (Lipinski definition) is 5. The summed E-state index contributed by atoms with van der Waals surface area (Å²) in [5.41, 5.74) is 5.72. The van der Waals surface area contributed by atoms with Crippen LogP contribution in [-0.2, 0) is 183 Å². The summed E-state index contributed by atoms with van der Waals surface area (Å²) in [5.74, 6) is -12.2. The summed E-state index contributed by atoms with van der Waals surface area (Å²) in [6.45, 7) is 9.46. The van der Waals surface area contributed by atoms with Crippen molar-refractivity contribution in [1.82, 2.24) is 21.3 Å². The number of nitrogens with two attached hydrogens (primary N) is 1. The quantitative estimate of drug-likeness (QED) is 0.0280. The normalized spacial score (nSPS) is 23.3. The summed E-state index contributed by atoms with van der Waals surface area (Å²) in [5, 5.41) is 11.2. The minimum atomic E-state index is -1.52. The van der Waals surface area contributed by atoms with Gasteiger partial charge in [-0.15, -0.1) is 0 Å². The van der Waals surface area contributed by atoms with E-state index in [9.17, 15) is 76.7 Å². The molecule has 115 heavy (non-hydrogen) atoms. The van der Waals surface area contributed by atoms with Crippen LogP contribution in [0.2, 0.25) is 0 Å². The maximum absolute atomic E-state index is 14.4. The molecule has 1 aromatic rings. The fourth-order valence-electron chi connectivity index (χ4n) is 11.9. The third-order valence-corrected chi connectivity index (χ3v) is 16.6. The number of hydrogen-bond acceptors (Lipinski definition) is 38. The van der Waals surface area contributed by atoms with Gasteiger partial charge in [0.05, 0.1) is 65.5 Å². The summed E-state index contributed by atoms with van der Waals surface area (Å²) in [6, 6.07) is 7.61. The van der Waals surface area contributed by atoms with E-state index in [0.717, 1.165) is 83.1 Å². The van der Waals surface area contributed by atoms with Gasteiger partial charge in [-0.3, -0.25) is 76.7 Å². The van der Waals surface area contributed by atoms with Crippen molar-refractivity contribution in [3.63, 3.8) is 0 Å². The Hall–Kier alpha value is -9.66. The van der Waals surface area contributed by atoms with Gasteiger partial charge in [-0.1, -0.05) is 30.3 Å². The van der Waals surface area contributed by atoms with Crippen molar-refractivity contribution < 1.29 is 176 Å². The van der Waals surface area contributed by atoms with Crippen LogP contribution < -0.4 is 27.0 Å². The lowest BCUT2D eigenvalue weighted by Crippen LogP contribution is -2.63. The smallest absolute Gasteiger partial charge is 0.303 e. The molecule has 3 aliphatic heterocycles. The largest absolute Gasteiger partial charge is 0.463 e. The molecule has 0 unspecified atom stereocenters. The first-order valence-corrected chi connectivity index (χ1v) is 36.9. The van der Waals surface area contributed by atoms with Gasteiger partial charge in [-0.2, -0.15) is 0 Å². The minimum absolute atomic E-state index is 0.0541. The van der Waals surface area contributed by atoms with Crippen LogP contribution in [0.15, 0.2) is 30.3 Å². The standard InChI is InChI=1S/C73H107N5O37/c1-40(79)101-37-54-60(104-43(4)82)63(107-46(7)85)66(110-49(10)88)70(113-54)98-33-30-95-27-24-75-57(91)18-21-73(78-69(94)53(74)36-52-16-14-13-15-17-52,22-19-58(92)76-25-28-96-31-34-99-71-67(111-50(11)89)64(108-47(8)86)61(105-44(5)83)55(114-71)38-102-41(2)80)23-20-59(93)77-26-29-97-32-35-100-72-68(112-51(12)90)65(109-48(9)87)62(106-45(6)84)56(115-72)39-103-42(3)81/h13-17,53-56,60-68,70-72H,18-39,74H2,1-12H3,(H,75,91)(H,76,92)(H,77,93)(H,78,94)/t53-,54+,55+,56+,60-,61-,62-,63-,64-,65-,66+,67+,68+,70+,71+,72+/m0/s1. The Balaban J connectivity index is 1.51. The molecule has 0 aromatic heterocycles. The molecule has 4 rings (SSSR count). The fraction of sp³-hybridized carbons (Fsp3) is 0.699. The maximum atomic E-state index is 14.4. The van der Waals surface area contributed by atoms with Gasteiger partial charge in [-0.05, 0) is 31.2 Å². The zero-order valence-electron chi connectivity index (χ0n) is 66.4. The molecule has 0 spiro atoms. The molecule has 646 valence electrons. The van der Waals surface area contributed by atoms with E-state index in [0.29, 0.717) is 5.56 Å². The van der Waals surface area contributed by atoms with E-state index in [1.165, 1.54) is 0 Å². The average molecular weight is 1650 g/mol. The van der Waals surface area contributed by atoms with E-state index in [1.807, 2.05) is 0 Å². The molecule has 0 radical (unpaired) electrons. The Morgan fingerprint density at radius 3 is 0.870 bits per heavy atom. The van der Waals surface area contributed by atoms with E-state index in [-0.39, 0.29) is 124 Å². The first-order chi connectivity index (χ1) is 54.5. The predicted octanol–water partition coefficient (Wildman–Crippen LogP) is -1.55. The molecule has 6 N–H and O–H groups in total. The Labute approximate surface area is 662 Å². The number of carbonyl (C=O) groups is 16. The van der Waals surface area contributed by atoms with E-state index < -0.39 is 219 Å². The summed E-state index contributed by atoms with van der Waals surface area (Å²) in [7, 11) is 0. The van der Waals surface area contributed by atoms with Gasteiger partial charge in [0.2, 0.25) is 23.6 Å². The Bertz CT molecular complexity index is 3090. The third-order valence-electron chi connectivity index (χ3n) is 16.6. The first-order valence-electron chi connectivity index (χ1n) is 36.9. The Morgan fingerprint density at radius 2 is 0.609 bits per heavy atom. The molecule has 1 aromatic carbocycles.